The van der Waals surface area contributed by atoms with Crippen LogP contribution in [0.4, 0.5) is 0 Å². The van der Waals surface area contributed by atoms with Crippen LogP contribution in [0.25, 0.3) is 6.08 Å². The van der Waals surface area contributed by atoms with Crippen LogP contribution in [0.2, 0.25) is 0 Å². The molecule has 0 fully saturated rings. The van der Waals surface area contributed by atoms with Gasteiger partial charge >= 0.3 is 5.97 Å². The minimum atomic E-state index is -0.411. The Balaban J connectivity index is 2.27. The van der Waals surface area contributed by atoms with Gasteiger partial charge in [0.05, 0.1) is 27.4 Å². The molecular formula is C19H29NO5. The predicted octanol–water partition coefficient (Wildman–Crippen LogP) is 2.66. The highest BCUT2D eigenvalue weighted by molar-refractivity contribution is 5.87. The number of methoxy groups -OCH3 is 2. The number of carbonyl (C=O) groups is 1. The predicted molar refractivity (Wildman–Crippen MR) is 98.1 cm³/mol. The van der Waals surface area contributed by atoms with Gasteiger partial charge < -0.3 is 24.3 Å². The van der Waals surface area contributed by atoms with Crippen LogP contribution in [-0.2, 0) is 14.3 Å². The minimum Gasteiger partial charge on any atom is -0.493 e. The van der Waals surface area contributed by atoms with E-state index in [0.29, 0.717) is 24.7 Å². The van der Waals surface area contributed by atoms with E-state index in [0.717, 1.165) is 12.1 Å². The Morgan fingerprint density at radius 1 is 1.08 bits per heavy atom. The summed E-state index contributed by atoms with van der Waals surface area (Å²) in [5, 5.41) is 3.31. The zero-order valence-electron chi connectivity index (χ0n) is 15.8. The molecule has 0 aliphatic heterocycles. The quantitative estimate of drug-likeness (QED) is 0.397. The van der Waals surface area contributed by atoms with Gasteiger partial charge in [-0.25, -0.2) is 4.79 Å². The third-order valence-corrected chi connectivity index (χ3v) is 3.19. The van der Waals surface area contributed by atoms with E-state index < -0.39 is 5.97 Å². The lowest BCUT2D eigenvalue weighted by molar-refractivity contribution is -0.139. The van der Waals surface area contributed by atoms with E-state index in [1.165, 1.54) is 6.08 Å². The first-order valence-corrected chi connectivity index (χ1v) is 8.25. The summed E-state index contributed by atoms with van der Waals surface area (Å²) in [4.78, 5) is 11.7. The first kappa shape index (κ1) is 21.0. The third kappa shape index (κ3) is 9.12. The molecule has 1 rings (SSSR count). The van der Waals surface area contributed by atoms with Crippen molar-refractivity contribution in [3.8, 4) is 11.5 Å². The van der Waals surface area contributed by atoms with Crippen molar-refractivity contribution in [1.29, 1.82) is 0 Å². The van der Waals surface area contributed by atoms with Gasteiger partial charge in [-0.15, -0.1) is 0 Å². The van der Waals surface area contributed by atoms with Crippen LogP contribution in [0.15, 0.2) is 24.3 Å². The second-order valence-electron chi connectivity index (χ2n) is 6.40. The maximum Gasteiger partial charge on any atom is 0.330 e. The lowest BCUT2D eigenvalue weighted by Gasteiger charge is -2.20. The average molecular weight is 351 g/mol. The molecule has 0 radical (unpaired) electrons. The molecule has 1 aromatic carbocycles. The fourth-order valence-corrected chi connectivity index (χ4v) is 1.97. The smallest absolute Gasteiger partial charge is 0.330 e. The Kier molecular flexibility index (Phi) is 9.02. The van der Waals surface area contributed by atoms with E-state index in [-0.39, 0.29) is 12.1 Å². The van der Waals surface area contributed by atoms with E-state index in [2.05, 4.69) is 26.1 Å². The molecule has 0 atom stereocenters. The van der Waals surface area contributed by atoms with Crippen molar-refractivity contribution < 1.29 is 23.7 Å². The van der Waals surface area contributed by atoms with Crippen LogP contribution in [0.5, 0.6) is 11.5 Å². The summed E-state index contributed by atoms with van der Waals surface area (Å²) in [6, 6.07) is 5.40. The highest BCUT2D eigenvalue weighted by atomic mass is 16.6. The standard InChI is InChI=1S/C19H29NO5/c1-19(2,3)20-10-11-24-12-13-25-18(21)9-7-15-6-8-16(22-4)17(14-15)23-5/h6-9,14,20H,10-13H2,1-5H3/b9-7+. The van der Waals surface area contributed by atoms with Crippen molar-refractivity contribution in [2.75, 3.05) is 40.6 Å². The summed E-state index contributed by atoms with van der Waals surface area (Å²) in [5.74, 6) is 0.835. The molecule has 1 aromatic rings. The molecule has 0 bridgehead atoms. The minimum absolute atomic E-state index is 0.0742. The van der Waals surface area contributed by atoms with Crippen LogP contribution in [-0.4, -0.2) is 52.1 Å². The Hall–Kier alpha value is -2.05. The SMILES string of the molecule is COc1ccc(/C=C/C(=O)OCCOCCNC(C)(C)C)cc1OC. The number of ether oxygens (including phenoxy) is 4. The maximum atomic E-state index is 11.7. The zero-order valence-corrected chi connectivity index (χ0v) is 15.8. The molecule has 0 spiro atoms. The van der Waals surface area contributed by atoms with Crippen LogP contribution in [0, 0.1) is 0 Å². The highest BCUT2D eigenvalue weighted by Crippen LogP contribution is 2.27. The molecule has 0 aliphatic rings. The molecule has 0 heterocycles. The van der Waals surface area contributed by atoms with Gasteiger partial charge in [0.2, 0.25) is 0 Å². The van der Waals surface area contributed by atoms with Gasteiger partial charge in [0, 0.05) is 18.2 Å². The van der Waals surface area contributed by atoms with Crippen LogP contribution >= 0.6 is 0 Å². The second kappa shape index (κ2) is 10.7. The zero-order chi connectivity index (χ0) is 18.7. The third-order valence-electron chi connectivity index (χ3n) is 3.19. The van der Waals surface area contributed by atoms with E-state index >= 15 is 0 Å². The normalized spacial score (nSPS) is 11.6. The summed E-state index contributed by atoms with van der Waals surface area (Å²) in [6.07, 6.45) is 3.04. The van der Waals surface area contributed by atoms with Crippen molar-refractivity contribution in [1.82, 2.24) is 5.32 Å². The van der Waals surface area contributed by atoms with Gasteiger partial charge in [-0.05, 0) is 44.5 Å². The summed E-state index contributed by atoms with van der Waals surface area (Å²) in [7, 11) is 3.14. The van der Waals surface area contributed by atoms with Gasteiger partial charge in [-0.2, -0.15) is 0 Å². The van der Waals surface area contributed by atoms with Crippen LogP contribution in [0.3, 0.4) is 0 Å². The van der Waals surface area contributed by atoms with Gasteiger partial charge in [0.15, 0.2) is 11.5 Å². The highest BCUT2D eigenvalue weighted by Gasteiger charge is 2.07. The molecule has 25 heavy (non-hydrogen) atoms. The average Bonchev–Trinajstić information content (AvgIpc) is 2.57. The monoisotopic (exact) mass is 351 g/mol. The van der Waals surface area contributed by atoms with Crippen LogP contribution in [0.1, 0.15) is 26.3 Å². The fourth-order valence-electron chi connectivity index (χ4n) is 1.97. The molecule has 0 unspecified atom stereocenters. The molecule has 0 aliphatic carbocycles. The van der Waals surface area contributed by atoms with Gasteiger partial charge in [-0.3, -0.25) is 0 Å². The second-order valence-corrected chi connectivity index (χ2v) is 6.40. The number of benzene rings is 1. The summed E-state index contributed by atoms with van der Waals surface area (Å²) < 4.78 is 20.9. The number of hydrogen-bond donors (Lipinski definition) is 1. The molecule has 6 nitrogen and oxygen atoms in total. The summed E-state index contributed by atoms with van der Waals surface area (Å²) in [6.45, 7) is 8.23. The molecule has 0 amide bonds. The number of nitrogens with one attached hydrogen (secondary N) is 1. The molecular weight excluding hydrogens is 322 g/mol. The Morgan fingerprint density at radius 2 is 1.80 bits per heavy atom. The molecule has 0 aromatic heterocycles. The fraction of sp³-hybridized carbons (Fsp3) is 0.526. The van der Waals surface area contributed by atoms with Crippen LogP contribution < -0.4 is 14.8 Å². The molecule has 0 saturated carbocycles. The number of rotatable bonds is 10. The van der Waals surface area contributed by atoms with E-state index in [1.807, 2.05) is 6.07 Å². The number of hydrogen-bond acceptors (Lipinski definition) is 6. The van der Waals surface area contributed by atoms with Gasteiger partial charge in [0.1, 0.15) is 6.61 Å². The van der Waals surface area contributed by atoms with E-state index in [4.69, 9.17) is 18.9 Å². The van der Waals surface area contributed by atoms with Crippen molar-refractivity contribution in [3.63, 3.8) is 0 Å². The van der Waals surface area contributed by atoms with Crippen molar-refractivity contribution in [2.45, 2.75) is 26.3 Å². The largest absolute Gasteiger partial charge is 0.493 e. The first-order valence-electron chi connectivity index (χ1n) is 8.25. The Morgan fingerprint density at radius 3 is 2.44 bits per heavy atom. The first-order chi connectivity index (χ1) is 11.9. The molecule has 6 heteroatoms. The molecule has 1 N–H and O–H groups in total. The Labute approximate surface area is 150 Å². The topological polar surface area (TPSA) is 66.0 Å². The summed E-state index contributed by atoms with van der Waals surface area (Å²) >= 11 is 0. The Bertz CT molecular complexity index is 563. The van der Waals surface area contributed by atoms with Gasteiger partial charge in [0.25, 0.3) is 0 Å². The van der Waals surface area contributed by atoms with Crippen molar-refractivity contribution in [3.05, 3.63) is 29.8 Å². The van der Waals surface area contributed by atoms with Gasteiger partial charge in [-0.1, -0.05) is 6.07 Å². The lowest BCUT2D eigenvalue weighted by Crippen LogP contribution is -2.38. The van der Waals surface area contributed by atoms with Crippen molar-refractivity contribution in [2.24, 2.45) is 0 Å². The summed E-state index contributed by atoms with van der Waals surface area (Å²) in [5.41, 5.74) is 0.893. The molecule has 0 saturated heterocycles. The van der Waals surface area contributed by atoms with E-state index in [9.17, 15) is 4.79 Å². The number of carbonyl (C=O) groups excluding carboxylic acids is 1. The van der Waals surface area contributed by atoms with E-state index in [1.54, 1.807) is 32.4 Å². The van der Waals surface area contributed by atoms with Crippen molar-refractivity contribution >= 4 is 12.0 Å². The lowest BCUT2D eigenvalue weighted by atomic mass is 10.1. The molecule has 140 valence electrons. The maximum absolute atomic E-state index is 11.7. The number of esters is 1.